The third-order valence-electron chi connectivity index (χ3n) is 3.64. The number of nitrogens with zero attached hydrogens (tertiary/aromatic N) is 3. The molecule has 6 nitrogen and oxygen atoms in total. The van der Waals surface area contributed by atoms with Crippen molar-refractivity contribution in [3.05, 3.63) is 47.2 Å². The molecule has 1 saturated heterocycles. The number of nitrogens with one attached hydrogen (secondary N) is 1. The monoisotopic (exact) mass is 310 g/mol. The molecular formula is C17H18N4O2. The Morgan fingerprint density at radius 1 is 1.35 bits per heavy atom. The summed E-state index contributed by atoms with van der Waals surface area (Å²) in [7, 11) is 0. The van der Waals surface area contributed by atoms with Gasteiger partial charge in [0.2, 0.25) is 0 Å². The van der Waals surface area contributed by atoms with Gasteiger partial charge in [0.15, 0.2) is 5.69 Å². The fraction of sp³-hybridized carbons (Fsp3) is 0.353. The smallest absolute Gasteiger partial charge is 0.163 e. The first-order chi connectivity index (χ1) is 11.2. The Kier molecular flexibility index (Phi) is 4.69. The summed E-state index contributed by atoms with van der Waals surface area (Å²) in [4.78, 5) is 0. The summed E-state index contributed by atoms with van der Waals surface area (Å²) in [5.41, 5.74) is 2.51. The predicted molar refractivity (Wildman–Crippen MR) is 85.1 cm³/mol. The molecule has 2 aromatic rings. The number of benzene rings is 1. The van der Waals surface area contributed by atoms with Crippen LogP contribution >= 0.6 is 0 Å². The number of rotatable bonds is 5. The van der Waals surface area contributed by atoms with Crippen molar-refractivity contribution in [2.75, 3.05) is 18.5 Å². The summed E-state index contributed by atoms with van der Waals surface area (Å²) in [6, 6.07) is 11.5. The molecule has 1 aromatic heterocycles. The van der Waals surface area contributed by atoms with Crippen LogP contribution in [0.2, 0.25) is 0 Å². The zero-order valence-electron chi connectivity index (χ0n) is 13.0. The van der Waals surface area contributed by atoms with Crippen LogP contribution in [0.4, 0.5) is 5.82 Å². The van der Waals surface area contributed by atoms with E-state index in [2.05, 4.69) is 21.6 Å². The van der Waals surface area contributed by atoms with Crippen molar-refractivity contribution in [3.63, 3.8) is 0 Å². The average molecular weight is 310 g/mol. The number of aryl methyl sites for hydroxylation is 1. The molecule has 118 valence electrons. The van der Waals surface area contributed by atoms with Crippen LogP contribution in [-0.4, -0.2) is 29.5 Å². The van der Waals surface area contributed by atoms with E-state index in [0.717, 1.165) is 29.9 Å². The third-order valence-corrected chi connectivity index (χ3v) is 3.64. The van der Waals surface area contributed by atoms with Crippen molar-refractivity contribution in [1.82, 2.24) is 10.2 Å². The highest BCUT2D eigenvalue weighted by molar-refractivity contribution is 5.42. The van der Waals surface area contributed by atoms with E-state index in [1.165, 1.54) is 0 Å². The van der Waals surface area contributed by atoms with E-state index in [-0.39, 0.29) is 6.10 Å². The Labute approximate surface area is 135 Å². The number of hydrogen-bond donors (Lipinski definition) is 1. The van der Waals surface area contributed by atoms with Crippen LogP contribution < -0.4 is 10.1 Å². The summed E-state index contributed by atoms with van der Waals surface area (Å²) in [6.07, 6.45) is 1.03. The molecule has 6 heteroatoms. The zero-order valence-corrected chi connectivity index (χ0v) is 13.0. The van der Waals surface area contributed by atoms with Gasteiger partial charge < -0.3 is 14.8 Å². The zero-order chi connectivity index (χ0) is 16.1. The maximum absolute atomic E-state index is 8.73. The molecule has 1 atom stereocenters. The summed E-state index contributed by atoms with van der Waals surface area (Å²) < 4.78 is 11.4. The van der Waals surface area contributed by atoms with Crippen molar-refractivity contribution >= 4 is 5.82 Å². The van der Waals surface area contributed by atoms with E-state index >= 15 is 0 Å². The standard InChI is InChI=1S/C17H18N4O2/c1-12-2-3-13(16(8-12)23-15-6-7-22-11-15)10-19-17-5-4-14(9-18)20-21-17/h2-5,8,15H,6-7,10-11H2,1H3,(H,19,21). The Bertz CT molecular complexity index is 704. The average Bonchev–Trinajstić information content (AvgIpc) is 3.08. The number of aromatic nitrogens is 2. The van der Waals surface area contributed by atoms with Gasteiger partial charge in [-0.05, 0) is 30.7 Å². The van der Waals surface area contributed by atoms with E-state index in [4.69, 9.17) is 14.7 Å². The van der Waals surface area contributed by atoms with Crippen LogP contribution in [-0.2, 0) is 11.3 Å². The van der Waals surface area contributed by atoms with Crippen LogP contribution in [0, 0.1) is 18.3 Å². The van der Waals surface area contributed by atoms with Gasteiger partial charge in [-0.2, -0.15) is 5.26 Å². The van der Waals surface area contributed by atoms with Crippen molar-refractivity contribution in [3.8, 4) is 11.8 Å². The molecule has 3 rings (SSSR count). The van der Waals surface area contributed by atoms with Crippen molar-refractivity contribution in [2.45, 2.75) is 26.0 Å². The lowest BCUT2D eigenvalue weighted by molar-refractivity contribution is 0.140. The van der Waals surface area contributed by atoms with Gasteiger partial charge in [0, 0.05) is 18.5 Å². The van der Waals surface area contributed by atoms with E-state index in [9.17, 15) is 0 Å². The summed E-state index contributed by atoms with van der Waals surface area (Å²) >= 11 is 0. The highest BCUT2D eigenvalue weighted by Gasteiger charge is 2.18. The van der Waals surface area contributed by atoms with Crippen LogP contribution in [0.25, 0.3) is 0 Å². The minimum atomic E-state index is 0.116. The Balaban J connectivity index is 1.69. The van der Waals surface area contributed by atoms with E-state index in [1.807, 2.05) is 25.1 Å². The molecule has 1 fully saturated rings. The minimum Gasteiger partial charge on any atom is -0.488 e. The summed E-state index contributed by atoms with van der Waals surface area (Å²) in [5, 5.41) is 19.7. The Morgan fingerprint density at radius 3 is 2.96 bits per heavy atom. The maximum atomic E-state index is 8.73. The van der Waals surface area contributed by atoms with Crippen LogP contribution in [0.5, 0.6) is 5.75 Å². The third kappa shape index (κ3) is 3.96. The predicted octanol–water partition coefficient (Wildman–Crippen LogP) is 2.44. The lowest BCUT2D eigenvalue weighted by Gasteiger charge is -2.17. The first kappa shape index (κ1) is 15.3. The molecule has 0 saturated carbocycles. The maximum Gasteiger partial charge on any atom is 0.163 e. The van der Waals surface area contributed by atoms with Gasteiger partial charge in [-0.3, -0.25) is 0 Å². The number of anilines is 1. The fourth-order valence-corrected chi connectivity index (χ4v) is 2.37. The number of ether oxygens (including phenoxy) is 2. The second-order valence-corrected chi connectivity index (χ2v) is 5.48. The molecule has 0 amide bonds. The van der Waals surface area contributed by atoms with E-state index in [0.29, 0.717) is 24.7 Å². The van der Waals surface area contributed by atoms with Gasteiger partial charge in [-0.1, -0.05) is 12.1 Å². The Morgan fingerprint density at radius 2 is 2.26 bits per heavy atom. The largest absolute Gasteiger partial charge is 0.488 e. The van der Waals surface area contributed by atoms with Gasteiger partial charge in [-0.25, -0.2) is 0 Å². The molecule has 0 aliphatic carbocycles. The van der Waals surface area contributed by atoms with Gasteiger partial charge in [-0.15, -0.1) is 10.2 Å². The highest BCUT2D eigenvalue weighted by atomic mass is 16.5. The molecule has 1 unspecified atom stereocenters. The SMILES string of the molecule is Cc1ccc(CNc2ccc(C#N)nn2)c(OC2CCOC2)c1. The quantitative estimate of drug-likeness (QED) is 0.913. The molecule has 23 heavy (non-hydrogen) atoms. The second kappa shape index (κ2) is 7.07. The topological polar surface area (TPSA) is 80.1 Å². The molecule has 2 heterocycles. The van der Waals surface area contributed by atoms with Gasteiger partial charge in [0.05, 0.1) is 13.2 Å². The molecule has 1 aromatic carbocycles. The number of nitriles is 1. The molecule has 1 N–H and O–H groups in total. The first-order valence-electron chi connectivity index (χ1n) is 7.56. The lowest BCUT2D eigenvalue weighted by atomic mass is 10.1. The molecule has 0 bridgehead atoms. The summed E-state index contributed by atoms with van der Waals surface area (Å²) in [6.45, 7) is 4.01. The van der Waals surface area contributed by atoms with Crippen LogP contribution in [0.1, 0.15) is 23.2 Å². The van der Waals surface area contributed by atoms with Gasteiger partial charge >= 0.3 is 0 Å². The van der Waals surface area contributed by atoms with Crippen molar-refractivity contribution in [2.24, 2.45) is 0 Å². The van der Waals surface area contributed by atoms with Gasteiger partial charge in [0.1, 0.15) is 23.7 Å². The highest BCUT2D eigenvalue weighted by Crippen LogP contribution is 2.24. The number of hydrogen-bond acceptors (Lipinski definition) is 6. The van der Waals surface area contributed by atoms with Crippen molar-refractivity contribution in [1.29, 1.82) is 5.26 Å². The summed E-state index contributed by atoms with van der Waals surface area (Å²) in [5.74, 6) is 1.49. The van der Waals surface area contributed by atoms with E-state index in [1.54, 1.807) is 12.1 Å². The van der Waals surface area contributed by atoms with Gasteiger partial charge in [0.25, 0.3) is 0 Å². The normalized spacial score (nSPS) is 16.8. The first-order valence-corrected chi connectivity index (χ1v) is 7.56. The molecule has 0 spiro atoms. The fourth-order valence-electron chi connectivity index (χ4n) is 2.37. The second-order valence-electron chi connectivity index (χ2n) is 5.48. The lowest BCUT2D eigenvalue weighted by Crippen LogP contribution is -2.17. The molecule has 1 aliphatic rings. The van der Waals surface area contributed by atoms with E-state index < -0.39 is 0 Å². The van der Waals surface area contributed by atoms with Crippen LogP contribution in [0.15, 0.2) is 30.3 Å². The molecule has 0 radical (unpaired) electrons. The Hall–Kier alpha value is -2.65. The van der Waals surface area contributed by atoms with Crippen LogP contribution in [0.3, 0.4) is 0 Å². The minimum absolute atomic E-state index is 0.116. The molecule has 1 aliphatic heterocycles. The molecular weight excluding hydrogens is 292 g/mol. The van der Waals surface area contributed by atoms with Crippen molar-refractivity contribution < 1.29 is 9.47 Å².